The van der Waals surface area contributed by atoms with Crippen molar-refractivity contribution in [2.24, 2.45) is 0 Å². The van der Waals surface area contributed by atoms with E-state index in [4.69, 9.17) is 12.2 Å². The van der Waals surface area contributed by atoms with Gasteiger partial charge < -0.3 is 15.2 Å². The number of pyridine rings is 1. The van der Waals surface area contributed by atoms with Crippen molar-refractivity contribution >= 4 is 28.2 Å². The maximum Gasteiger partial charge on any atom is 0.253 e. The zero-order valence-corrected chi connectivity index (χ0v) is 17.6. The quantitative estimate of drug-likeness (QED) is 0.729. The number of aryl methyl sites for hydroxylation is 1. The molecule has 4 rings (SSSR count). The van der Waals surface area contributed by atoms with Gasteiger partial charge in [0.2, 0.25) is 0 Å². The normalized spacial score (nSPS) is 18.5. The summed E-state index contributed by atoms with van der Waals surface area (Å²) in [4.78, 5) is 18.2. The zero-order valence-electron chi connectivity index (χ0n) is 16.8. The van der Waals surface area contributed by atoms with Crippen molar-refractivity contribution in [3.63, 3.8) is 0 Å². The molecule has 2 aliphatic rings. The van der Waals surface area contributed by atoms with Crippen LogP contribution in [0.1, 0.15) is 68.9 Å². The number of aromatic nitrogens is 1. The van der Waals surface area contributed by atoms with Crippen molar-refractivity contribution in [2.75, 3.05) is 0 Å². The number of aromatic amines is 1. The molecule has 0 amide bonds. The third-order valence-electron chi connectivity index (χ3n) is 6.46. The van der Waals surface area contributed by atoms with E-state index in [0.29, 0.717) is 18.6 Å². The minimum atomic E-state index is 0.00487. The number of H-pyrrole nitrogens is 1. The summed E-state index contributed by atoms with van der Waals surface area (Å²) in [6, 6.07) is 9.13. The summed E-state index contributed by atoms with van der Waals surface area (Å²) in [5.41, 5.74) is 2.85. The van der Waals surface area contributed by atoms with Crippen LogP contribution >= 0.6 is 12.2 Å². The van der Waals surface area contributed by atoms with E-state index in [0.717, 1.165) is 40.0 Å². The molecule has 0 spiro atoms. The van der Waals surface area contributed by atoms with Gasteiger partial charge in [-0.2, -0.15) is 0 Å². The van der Waals surface area contributed by atoms with Gasteiger partial charge in [0, 0.05) is 17.6 Å². The number of rotatable bonds is 4. The fourth-order valence-corrected chi connectivity index (χ4v) is 5.20. The van der Waals surface area contributed by atoms with Gasteiger partial charge in [0.15, 0.2) is 5.11 Å². The number of nitrogens with one attached hydrogen (secondary N) is 2. The number of hydrogen-bond donors (Lipinski definition) is 2. The molecule has 0 atom stereocenters. The Hall–Kier alpha value is -1.88. The first-order chi connectivity index (χ1) is 13.6. The van der Waals surface area contributed by atoms with Gasteiger partial charge in [-0.3, -0.25) is 4.79 Å². The molecule has 0 radical (unpaired) electrons. The fraction of sp³-hybridized carbons (Fsp3) is 0.565. The number of hydrogen-bond acceptors (Lipinski definition) is 2. The lowest BCUT2D eigenvalue weighted by Crippen LogP contribution is -2.49. The molecule has 2 N–H and O–H groups in total. The summed E-state index contributed by atoms with van der Waals surface area (Å²) in [6.07, 6.45) is 11.1. The van der Waals surface area contributed by atoms with Gasteiger partial charge in [-0.05, 0) is 61.8 Å². The van der Waals surface area contributed by atoms with Crippen LogP contribution in [0.15, 0.2) is 29.1 Å². The molecule has 2 aromatic rings. The molecule has 1 aromatic carbocycles. The Bertz CT molecular complexity index is 894. The minimum absolute atomic E-state index is 0.00487. The summed E-state index contributed by atoms with van der Waals surface area (Å²) >= 11 is 5.85. The molecule has 4 nitrogen and oxygen atoms in total. The highest BCUT2D eigenvalue weighted by molar-refractivity contribution is 7.80. The molecule has 2 saturated carbocycles. The highest BCUT2D eigenvalue weighted by Gasteiger charge is 2.27. The smallest absolute Gasteiger partial charge is 0.253 e. The Kier molecular flexibility index (Phi) is 6.00. The summed E-state index contributed by atoms with van der Waals surface area (Å²) in [6.45, 7) is 2.62. The lowest BCUT2D eigenvalue weighted by atomic mass is 9.96. The molecule has 2 aliphatic carbocycles. The van der Waals surface area contributed by atoms with Crippen molar-refractivity contribution < 1.29 is 0 Å². The van der Waals surface area contributed by atoms with Crippen molar-refractivity contribution in [3.05, 3.63) is 45.7 Å². The summed E-state index contributed by atoms with van der Waals surface area (Å²) in [5.74, 6) is 0. The molecule has 150 valence electrons. The molecule has 2 fully saturated rings. The van der Waals surface area contributed by atoms with E-state index in [9.17, 15) is 4.79 Å². The maximum atomic E-state index is 12.8. The highest BCUT2D eigenvalue weighted by atomic mass is 32.1. The zero-order chi connectivity index (χ0) is 19.5. The predicted octanol–water partition coefficient (Wildman–Crippen LogP) is 4.79. The summed E-state index contributed by atoms with van der Waals surface area (Å²) in [5, 5.41) is 5.55. The maximum absolute atomic E-state index is 12.8. The number of nitrogens with zero attached hydrogens (tertiary/aromatic N) is 1. The monoisotopic (exact) mass is 397 g/mol. The van der Waals surface area contributed by atoms with E-state index in [2.05, 4.69) is 21.3 Å². The average molecular weight is 398 g/mol. The van der Waals surface area contributed by atoms with Crippen LogP contribution in [0.2, 0.25) is 0 Å². The Morgan fingerprint density at radius 1 is 1.14 bits per heavy atom. The van der Waals surface area contributed by atoms with Gasteiger partial charge in [0.1, 0.15) is 0 Å². The highest BCUT2D eigenvalue weighted by Crippen LogP contribution is 2.26. The first kappa shape index (κ1) is 19.4. The topological polar surface area (TPSA) is 48.1 Å². The van der Waals surface area contributed by atoms with Crippen LogP contribution in [-0.2, 0) is 6.54 Å². The molecular formula is C23H31N3OS. The van der Waals surface area contributed by atoms with Crippen LogP contribution in [0.3, 0.4) is 0 Å². The number of thiocarbonyl (C=S) groups is 1. The number of fused-ring (bicyclic) bond motifs is 1. The van der Waals surface area contributed by atoms with Crippen LogP contribution in [-0.4, -0.2) is 27.1 Å². The van der Waals surface area contributed by atoms with Crippen LogP contribution < -0.4 is 10.9 Å². The second-order valence-electron chi connectivity index (χ2n) is 8.51. The largest absolute Gasteiger partial charge is 0.360 e. The van der Waals surface area contributed by atoms with Crippen LogP contribution in [0.25, 0.3) is 10.9 Å². The van der Waals surface area contributed by atoms with Gasteiger partial charge in [0.05, 0.1) is 12.1 Å². The Labute approximate surface area is 172 Å². The lowest BCUT2D eigenvalue weighted by molar-refractivity contribution is 0.292. The van der Waals surface area contributed by atoms with Gasteiger partial charge in [-0.15, -0.1) is 0 Å². The van der Waals surface area contributed by atoms with Crippen LogP contribution in [0.5, 0.6) is 0 Å². The first-order valence-electron chi connectivity index (χ1n) is 10.8. The first-order valence-corrected chi connectivity index (χ1v) is 11.2. The molecule has 0 aliphatic heterocycles. The summed E-state index contributed by atoms with van der Waals surface area (Å²) in [7, 11) is 0. The molecule has 0 unspecified atom stereocenters. The molecule has 1 heterocycles. The van der Waals surface area contributed by atoms with Crippen LogP contribution in [0.4, 0.5) is 0 Å². The Morgan fingerprint density at radius 3 is 2.61 bits per heavy atom. The lowest BCUT2D eigenvalue weighted by Gasteiger charge is -2.34. The molecule has 5 heteroatoms. The Morgan fingerprint density at radius 2 is 1.86 bits per heavy atom. The second-order valence-corrected chi connectivity index (χ2v) is 8.90. The second kappa shape index (κ2) is 8.64. The average Bonchev–Trinajstić information content (AvgIpc) is 3.22. The van der Waals surface area contributed by atoms with E-state index >= 15 is 0 Å². The third-order valence-corrected chi connectivity index (χ3v) is 6.82. The van der Waals surface area contributed by atoms with E-state index in [1.165, 1.54) is 44.9 Å². The third kappa shape index (κ3) is 4.24. The molecular weight excluding hydrogens is 366 g/mol. The summed E-state index contributed by atoms with van der Waals surface area (Å²) < 4.78 is 0. The molecule has 1 aromatic heterocycles. The standard InChI is InChI=1S/C23H31N3OS/c1-16-8-7-9-17-14-18(22(27)25-21(16)17)15-26(20-12-5-6-13-20)23(28)24-19-10-3-2-4-11-19/h7-9,14,19-20H,2-6,10-13,15H2,1H3,(H,24,28)(H,25,27). The minimum Gasteiger partial charge on any atom is -0.360 e. The predicted molar refractivity (Wildman–Crippen MR) is 120 cm³/mol. The van der Waals surface area contributed by atoms with E-state index < -0.39 is 0 Å². The molecule has 0 bridgehead atoms. The van der Waals surface area contributed by atoms with Crippen LogP contribution in [0, 0.1) is 6.92 Å². The van der Waals surface area contributed by atoms with Crippen molar-refractivity contribution in [1.82, 2.24) is 15.2 Å². The van der Waals surface area contributed by atoms with Crippen molar-refractivity contribution in [3.8, 4) is 0 Å². The number of para-hydroxylation sites is 1. The van der Waals surface area contributed by atoms with Gasteiger partial charge >= 0.3 is 0 Å². The van der Waals surface area contributed by atoms with Gasteiger partial charge in [-0.1, -0.05) is 50.3 Å². The fourth-order valence-electron chi connectivity index (χ4n) is 4.82. The van der Waals surface area contributed by atoms with Gasteiger partial charge in [0.25, 0.3) is 5.56 Å². The van der Waals surface area contributed by atoms with E-state index in [-0.39, 0.29) is 5.56 Å². The van der Waals surface area contributed by atoms with E-state index in [1.807, 2.05) is 25.1 Å². The van der Waals surface area contributed by atoms with Gasteiger partial charge in [-0.25, -0.2) is 0 Å². The number of benzene rings is 1. The van der Waals surface area contributed by atoms with E-state index in [1.54, 1.807) is 0 Å². The Balaban J connectivity index is 1.58. The molecule has 0 saturated heterocycles. The molecule has 28 heavy (non-hydrogen) atoms. The SMILES string of the molecule is Cc1cccc2cc(CN(C(=S)NC3CCCCC3)C3CCCC3)c(=O)[nH]c12. The van der Waals surface area contributed by atoms with Crippen molar-refractivity contribution in [1.29, 1.82) is 0 Å². The van der Waals surface area contributed by atoms with Crippen molar-refractivity contribution in [2.45, 2.75) is 83.3 Å².